The van der Waals surface area contributed by atoms with E-state index in [4.69, 9.17) is 18.0 Å². The van der Waals surface area contributed by atoms with Gasteiger partial charge in [-0.3, -0.25) is 4.79 Å². The van der Waals surface area contributed by atoms with Gasteiger partial charge in [0.1, 0.15) is 0 Å². The fourth-order valence-corrected chi connectivity index (χ4v) is 1.26. The molecule has 3 N–H and O–H groups in total. The van der Waals surface area contributed by atoms with Gasteiger partial charge in [0.15, 0.2) is 0 Å². The van der Waals surface area contributed by atoms with Gasteiger partial charge in [-0.25, -0.2) is 0 Å². The SMILES string of the molecule is CC(CNC(=O)C1CC1C)C(N)=S. The van der Waals surface area contributed by atoms with Crippen LogP contribution in [-0.2, 0) is 4.79 Å². The van der Waals surface area contributed by atoms with Gasteiger partial charge in [-0.05, 0) is 12.3 Å². The molecule has 3 nitrogen and oxygen atoms in total. The smallest absolute Gasteiger partial charge is 0.223 e. The number of hydrogen-bond donors (Lipinski definition) is 2. The van der Waals surface area contributed by atoms with Crippen LogP contribution in [0.2, 0.25) is 0 Å². The molecule has 0 aliphatic heterocycles. The quantitative estimate of drug-likeness (QED) is 0.656. The number of rotatable bonds is 4. The first kappa shape index (κ1) is 10.4. The first-order valence-corrected chi connectivity index (χ1v) is 5.00. The zero-order chi connectivity index (χ0) is 10.0. The van der Waals surface area contributed by atoms with Crippen LogP contribution in [-0.4, -0.2) is 17.4 Å². The van der Waals surface area contributed by atoms with Crippen molar-refractivity contribution in [3.8, 4) is 0 Å². The second-order valence-corrected chi connectivity index (χ2v) is 4.34. The fraction of sp³-hybridized carbons (Fsp3) is 0.778. The standard InChI is InChI=1S/C9H16N2OS/c1-5-3-7(5)9(12)11-4-6(2)8(10)13/h5-7H,3-4H2,1-2H3,(H2,10,13)(H,11,12). The average molecular weight is 200 g/mol. The summed E-state index contributed by atoms with van der Waals surface area (Å²) in [6, 6.07) is 0. The van der Waals surface area contributed by atoms with Gasteiger partial charge in [-0.1, -0.05) is 26.1 Å². The Morgan fingerprint density at radius 3 is 2.69 bits per heavy atom. The van der Waals surface area contributed by atoms with Crippen molar-refractivity contribution in [1.29, 1.82) is 0 Å². The van der Waals surface area contributed by atoms with E-state index in [0.29, 0.717) is 17.5 Å². The van der Waals surface area contributed by atoms with Crippen molar-refractivity contribution in [2.24, 2.45) is 23.5 Å². The van der Waals surface area contributed by atoms with E-state index in [-0.39, 0.29) is 17.7 Å². The van der Waals surface area contributed by atoms with Gasteiger partial charge >= 0.3 is 0 Å². The second-order valence-electron chi connectivity index (χ2n) is 3.87. The maximum absolute atomic E-state index is 11.3. The lowest BCUT2D eigenvalue weighted by atomic mass is 10.2. The number of nitrogens with one attached hydrogen (secondary N) is 1. The molecule has 0 saturated heterocycles. The Hall–Kier alpha value is -0.640. The van der Waals surface area contributed by atoms with Gasteiger partial charge in [-0.2, -0.15) is 0 Å². The molecule has 0 spiro atoms. The number of nitrogens with two attached hydrogens (primary N) is 1. The molecule has 1 aliphatic carbocycles. The second kappa shape index (κ2) is 4.05. The highest BCUT2D eigenvalue weighted by molar-refractivity contribution is 7.80. The Labute approximate surface area is 84.1 Å². The van der Waals surface area contributed by atoms with E-state index in [9.17, 15) is 4.79 Å². The van der Waals surface area contributed by atoms with Crippen molar-refractivity contribution in [2.75, 3.05) is 6.54 Å². The van der Waals surface area contributed by atoms with E-state index in [1.807, 2.05) is 6.92 Å². The van der Waals surface area contributed by atoms with Crippen molar-refractivity contribution < 1.29 is 4.79 Å². The summed E-state index contributed by atoms with van der Waals surface area (Å²) < 4.78 is 0. The van der Waals surface area contributed by atoms with Crippen LogP contribution in [0.1, 0.15) is 20.3 Å². The molecule has 0 bridgehead atoms. The van der Waals surface area contributed by atoms with Gasteiger partial charge in [0.05, 0.1) is 4.99 Å². The summed E-state index contributed by atoms with van der Waals surface area (Å²) in [6.45, 7) is 4.57. The third kappa shape index (κ3) is 2.95. The number of hydrogen-bond acceptors (Lipinski definition) is 2. The first-order valence-electron chi connectivity index (χ1n) is 4.59. The van der Waals surface area contributed by atoms with Crippen LogP contribution in [0.4, 0.5) is 0 Å². The minimum Gasteiger partial charge on any atom is -0.393 e. The third-order valence-corrected chi connectivity index (χ3v) is 2.92. The normalized spacial score (nSPS) is 27.8. The van der Waals surface area contributed by atoms with Crippen LogP contribution >= 0.6 is 12.2 Å². The molecule has 1 fully saturated rings. The number of amides is 1. The van der Waals surface area contributed by atoms with Gasteiger partial charge in [0.2, 0.25) is 5.91 Å². The molecule has 0 aromatic carbocycles. The van der Waals surface area contributed by atoms with E-state index in [2.05, 4.69) is 12.2 Å². The molecule has 0 aromatic rings. The molecule has 1 amide bonds. The molecule has 1 rings (SSSR count). The molecule has 74 valence electrons. The molecule has 1 saturated carbocycles. The van der Waals surface area contributed by atoms with Gasteiger partial charge in [-0.15, -0.1) is 0 Å². The topological polar surface area (TPSA) is 55.1 Å². The highest BCUT2D eigenvalue weighted by Gasteiger charge is 2.38. The van der Waals surface area contributed by atoms with Crippen LogP contribution in [0.25, 0.3) is 0 Å². The van der Waals surface area contributed by atoms with Gasteiger partial charge in [0, 0.05) is 18.4 Å². The fourth-order valence-electron chi connectivity index (χ4n) is 1.17. The predicted molar refractivity (Wildman–Crippen MR) is 56.2 cm³/mol. The van der Waals surface area contributed by atoms with E-state index < -0.39 is 0 Å². The van der Waals surface area contributed by atoms with Crippen molar-refractivity contribution in [3.05, 3.63) is 0 Å². The summed E-state index contributed by atoms with van der Waals surface area (Å²) in [7, 11) is 0. The van der Waals surface area contributed by atoms with Crippen molar-refractivity contribution in [3.63, 3.8) is 0 Å². The first-order chi connectivity index (χ1) is 6.02. The summed E-state index contributed by atoms with van der Waals surface area (Å²) in [6.07, 6.45) is 1.02. The minimum absolute atomic E-state index is 0.0907. The van der Waals surface area contributed by atoms with Crippen molar-refractivity contribution >= 4 is 23.1 Å². The summed E-state index contributed by atoms with van der Waals surface area (Å²) in [5.74, 6) is 1.03. The van der Waals surface area contributed by atoms with Crippen LogP contribution < -0.4 is 11.1 Å². The Bertz CT molecular complexity index is 230. The molecule has 4 heteroatoms. The summed E-state index contributed by atoms with van der Waals surface area (Å²) in [4.78, 5) is 11.8. The highest BCUT2D eigenvalue weighted by atomic mass is 32.1. The maximum Gasteiger partial charge on any atom is 0.223 e. The zero-order valence-electron chi connectivity index (χ0n) is 8.04. The molecule has 0 heterocycles. The lowest BCUT2D eigenvalue weighted by Crippen LogP contribution is -2.34. The van der Waals surface area contributed by atoms with Crippen molar-refractivity contribution in [1.82, 2.24) is 5.32 Å². The summed E-state index contributed by atoms with van der Waals surface area (Å²) in [5.41, 5.74) is 5.42. The molecule has 1 aliphatic rings. The molecule has 3 atom stereocenters. The van der Waals surface area contributed by atoms with E-state index >= 15 is 0 Å². The summed E-state index contributed by atoms with van der Waals surface area (Å²) >= 11 is 4.80. The Morgan fingerprint density at radius 1 is 1.77 bits per heavy atom. The number of thiocarbonyl (C=S) groups is 1. The van der Waals surface area contributed by atoms with E-state index in [1.165, 1.54) is 0 Å². The van der Waals surface area contributed by atoms with Crippen LogP contribution in [0.15, 0.2) is 0 Å². The minimum atomic E-state index is 0.0907. The van der Waals surface area contributed by atoms with Gasteiger partial charge in [0.25, 0.3) is 0 Å². The van der Waals surface area contributed by atoms with Gasteiger partial charge < -0.3 is 11.1 Å². The van der Waals surface area contributed by atoms with Crippen LogP contribution in [0.5, 0.6) is 0 Å². The highest BCUT2D eigenvalue weighted by Crippen LogP contribution is 2.37. The third-order valence-electron chi connectivity index (χ3n) is 2.51. The maximum atomic E-state index is 11.3. The van der Waals surface area contributed by atoms with Crippen molar-refractivity contribution in [2.45, 2.75) is 20.3 Å². The van der Waals surface area contributed by atoms with E-state index in [1.54, 1.807) is 0 Å². The average Bonchev–Trinajstić information content (AvgIpc) is 2.77. The molecular formula is C9H16N2OS. The monoisotopic (exact) mass is 200 g/mol. The molecule has 0 aromatic heterocycles. The lowest BCUT2D eigenvalue weighted by Gasteiger charge is -2.10. The Morgan fingerprint density at radius 2 is 2.31 bits per heavy atom. The van der Waals surface area contributed by atoms with Crippen LogP contribution in [0, 0.1) is 17.8 Å². The zero-order valence-corrected chi connectivity index (χ0v) is 8.86. The van der Waals surface area contributed by atoms with Crippen LogP contribution in [0.3, 0.4) is 0 Å². The Kier molecular flexibility index (Phi) is 3.25. The van der Waals surface area contributed by atoms with E-state index in [0.717, 1.165) is 6.42 Å². The molecular weight excluding hydrogens is 184 g/mol. The molecule has 0 radical (unpaired) electrons. The summed E-state index contributed by atoms with van der Waals surface area (Å²) in [5, 5.41) is 2.85. The molecule has 13 heavy (non-hydrogen) atoms. The predicted octanol–water partition coefficient (Wildman–Crippen LogP) is 0.681. The number of carbonyl (C=O) groups excluding carboxylic acids is 1. The number of carbonyl (C=O) groups is 1. The largest absolute Gasteiger partial charge is 0.393 e. The lowest BCUT2D eigenvalue weighted by molar-refractivity contribution is -0.122. The Balaban J connectivity index is 2.19. The molecule has 3 unspecified atom stereocenters.